The number of thiophene rings is 1. The highest BCUT2D eigenvalue weighted by Gasteiger charge is 2.49. The molecule has 2 aromatic heterocycles. The van der Waals surface area contributed by atoms with Crippen LogP contribution in [-0.2, 0) is 27.1 Å². The Kier molecular flexibility index (Phi) is 14.1. The van der Waals surface area contributed by atoms with E-state index in [1.807, 2.05) is 11.3 Å². The molecule has 14 aromatic rings. The summed E-state index contributed by atoms with van der Waals surface area (Å²) in [6, 6.07) is 97.4. The third-order valence-electron chi connectivity index (χ3n) is 21.7. The van der Waals surface area contributed by atoms with Gasteiger partial charge in [-0.25, -0.2) is 0 Å². The summed E-state index contributed by atoms with van der Waals surface area (Å²) in [6.45, 7) is 32.3. The number of rotatable bonds is 8. The topological polar surface area (TPSA) is 22.9 Å². The van der Waals surface area contributed by atoms with E-state index in [0.29, 0.717) is 0 Å². The average Bonchev–Trinajstić information content (AvgIpc) is 1.67. The Hall–Kier alpha value is -10.1. The van der Waals surface area contributed by atoms with Gasteiger partial charge in [0.2, 0.25) is 0 Å². The lowest BCUT2D eigenvalue weighted by atomic mass is 9.43. The van der Waals surface area contributed by atoms with E-state index in [-0.39, 0.29) is 33.9 Å². The summed E-state index contributed by atoms with van der Waals surface area (Å²) in [7, 11) is 0. The highest BCUT2D eigenvalue weighted by molar-refractivity contribution is 7.21. The van der Waals surface area contributed by atoms with E-state index < -0.39 is 0 Å². The number of hydrogen-bond donors (Lipinski definition) is 0. The molecule has 99 heavy (non-hydrogen) atoms. The molecule has 0 atom stereocenters. The third-order valence-corrected chi connectivity index (χ3v) is 23.0. The minimum Gasteiger partial charge on any atom is -0.454 e. The molecule has 6 heteroatoms. The van der Waals surface area contributed by atoms with Crippen LogP contribution in [-0.4, -0.2) is 6.85 Å². The predicted molar refractivity (Wildman–Crippen MR) is 426 cm³/mol. The fourth-order valence-electron chi connectivity index (χ4n) is 16.2. The van der Waals surface area contributed by atoms with Crippen LogP contribution in [0.25, 0.3) is 87.0 Å². The van der Waals surface area contributed by atoms with E-state index in [9.17, 15) is 0 Å². The second-order valence-electron chi connectivity index (χ2n) is 32.6. The van der Waals surface area contributed by atoms with Crippen molar-refractivity contribution in [1.82, 2.24) is 0 Å². The van der Waals surface area contributed by atoms with Crippen LogP contribution in [0.15, 0.2) is 259 Å². The van der Waals surface area contributed by atoms with Crippen LogP contribution in [0.2, 0.25) is 0 Å². The fourth-order valence-corrected chi connectivity index (χ4v) is 17.4. The highest BCUT2D eigenvalue weighted by atomic mass is 32.1. The first kappa shape index (κ1) is 62.4. The molecule has 1 aliphatic carbocycles. The minimum atomic E-state index is -0.362. The minimum absolute atomic E-state index is 0.0131. The molecule has 4 heterocycles. The molecule has 3 aliphatic rings. The van der Waals surface area contributed by atoms with Gasteiger partial charge in [-0.3, -0.25) is 0 Å². The third kappa shape index (κ3) is 10.1. The summed E-state index contributed by atoms with van der Waals surface area (Å²) >= 11 is 1.90. The normalized spacial score (nSPS) is 14.0. The Morgan fingerprint density at radius 2 is 0.879 bits per heavy atom. The lowest BCUT2D eigenvalue weighted by molar-refractivity contribution is 0.590. The molecule has 486 valence electrons. The van der Waals surface area contributed by atoms with Crippen molar-refractivity contribution in [2.45, 2.75) is 124 Å². The second kappa shape index (κ2) is 22.4. The summed E-state index contributed by atoms with van der Waals surface area (Å²) in [5, 5.41) is 4.65. The average molecular weight is 1300 g/mol. The van der Waals surface area contributed by atoms with E-state index in [4.69, 9.17) is 4.42 Å². The summed E-state index contributed by atoms with van der Waals surface area (Å²) in [5.41, 5.74) is 30.1. The molecule has 0 spiro atoms. The van der Waals surface area contributed by atoms with Gasteiger partial charge in [0.15, 0.2) is 5.58 Å². The zero-order valence-corrected chi connectivity index (χ0v) is 60.3. The summed E-state index contributed by atoms with van der Waals surface area (Å²) in [5.74, 6) is 0. The molecule has 0 N–H and O–H groups in total. The first-order valence-electron chi connectivity index (χ1n) is 35.3. The summed E-state index contributed by atoms with van der Waals surface area (Å²) in [4.78, 5) is 10.3. The van der Waals surface area contributed by atoms with Crippen LogP contribution < -0.4 is 25.5 Å². The number of benzene rings is 12. The van der Waals surface area contributed by atoms with Crippen LogP contribution in [0.3, 0.4) is 0 Å². The van der Waals surface area contributed by atoms with Crippen molar-refractivity contribution >= 4 is 107 Å². The molecule has 0 unspecified atom stereocenters. The first-order valence-corrected chi connectivity index (χ1v) is 36.1. The monoisotopic (exact) mass is 1300 g/mol. The van der Waals surface area contributed by atoms with Crippen molar-refractivity contribution in [3.05, 3.63) is 288 Å². The Balaban J connectivity index is 0.996. The van der Waals surface area contributed by atoms with Crippen molar-refractivity contribution in [1.29, 1.82) is 0 Å². The van der Waals surface area contributed by atoms with Crippen LogP contribution in [0, 0.1) is 0 Å². The molecule has 4 nitrogen and oxygen atoms in total. The van der Waals surface area contributed by atoms with Gasteiger partial charge in [-0.05, 0) is 190 Å². The molecule has 17 rings (SSSR count). The Morgan fingerprint density at radius 1 is 0.374 bits per heavy atom. The zero-order chi connectivity index (χ0) is 68.4. The van der Waals surface area contributed by atoms with Gasteiger partial charge in [0.25, 0.3) is 0 Å². The number of para-hydroxylation sites is 1. The highest BCUT2D eigenvalue weighted by Crippen LogP contribution is 2.59. The number of nitrogens with zero attached hydrogens (tertiary/aromatic N) is 3. The molecule has 0 bridgehead atoms. The van der Waals surface area contributed by atoms with E-state index in [0.717, 1.165) is 72.9 Å². The van der Waals surface area contributed by atoms with Crippen molar-refractivity contribution in [3.8, 4) is 54.3 Å². The fraction of sp³-hybridized carbons (Fsp3) is 0.204. The molecule has 0 amide bonds. The van der Waals surface area contributed by atoms with Gasteiger partial charge in [0, 0.05) is 82.0 Å². The van der Waals surface area contributed by atoms with Crippen molar-refractivity contribution < 1.29 is 4.42 Å². The Labute approximate surface area is 589 Å². The van der Waals surface area contributed by atoms with Gasteiger partial charge >= 0.3 is 6.85 Å². The lowest BCUT2D eigenvalue weighted by Gasteiger charge is -2.46. The van der Waals surface area contributed by atoms with E-state index in [1.54, 1.807) is 0 Å². The second-order valence-corrected chi connectivity index (χ2v) is 33.6. The number of fused-ring (bicyclic) bond motifs is 12. The van der Waals surface area contributed by atoms with Crippen molar-refractivity contribution in [2.24, 2.45) is 0 Å². The summed E-state index contributed by atoms with van der Waals surface area (Å²) in [6.07, 6.45) is 0. The zero-order valence-electron chi connectivity index (χ0n) is 59.5. The smallest absolute Gasteiger partial charge is 0.333 e. The number of hydrogen-bond acceptors (Lipinski definition) is 5. The Morgan fingerprint density at radius 3 is 1.45 bits per heavy atom. The molecule has 2 aliphatic heterocycles. The van der Waals surface area contributed by atoms with Gasteiger partial charge < -0.3 is 19.0 Å². The van der Waals surface area contributed by atoms with Gasteiger partial charge in [0.1, 0.15) is 5.58 Å². The largest absolute Gasteiger partial charge is 0.454 e. The maximum Gasteiger partial charge on any atom is 0.333 e. The number of furan rings is 1. The molecular formula is C93H84BN3OS. The van der Waals surface area contributed by atoms with Crippen LogP contribution in [0.1, 0.15) is 130 Å². The molecule has 0 fully saturated rings. The van der Waals surface area contributed by atoms with Gasteiger partial charge in [-0.15, -0.1) is 11.3 Å². The molecule has 0 radical (unpaired) electrons. The van der Waals surface area contributed by atoms with Gasteiger partial charge in [-0.2, -0.15) is 0 Å². The van der Waals surface area contributed by atoms with E-state index in [1.165, 1.54) is 104 Å². The molecular weight excluding hydrogens is 1220 g/mol. The van der Waals surface area contributed by atoms with E-state index in [2.05, 4.69) is 366 Å². The molecule has 0 saturated carbocycles. The van der Waals surface area contributed by atoms with Crippen LogP contribution in [0.5, 0.6) is 0 Å². The van der Waals surface area contributed by atoms with Crippen LogP contribution >= 0.6 is 11.3 Å². The SMILES string of the molecule is CC(C)(C)c1ccc(N2B3c4cc5c(-c6ccccc6)sc(-c6ccccc6)c5cc4N(c4ccc(C(C)(C)C)cc4-c4ccccc4)c4c3c(cc3c4oc4ccccc43)-c3cc4c(cc32)C(C)(C)c2ccc(N(c3ccc(C(C)(C)C)cc3)c3ccc(C(C)(C)C)cc3)cc2-4)cc1. The van der Waals surface area contributed by atoms with Crippen LogP contribution in [0.4, 0.5) is 45.5 Å². The van der Waals surface area contributed by atoms with Crippen molar-refractivity contribution in [3.63, 3.8) is 0 Å². The van der Waals surface area contributed by atoms with Crippen molar-refractivity contribution in [2.75, 3.05) is 14.6 Å². The summed E-state index contributed by atoms with van der Waals surface area (Å²) < 4.78 is 7.58. The predicted octanol–water partition coefficient (Wildman–Crippen LogP) is 25.5. The maximum atomic E-state index is 7.58. The Bertz CT molecular complexity index is 5480. The maximum absolute atomic E-state index is 7.58. The lowest BCUT2D eigenvalue weighted by Crippen LogP contribution is -2.61. The number of anilines is 8. The first-order chi connectivity index (χ1) is 47.4. The molecule has 12 aromatic carbocycles. The van der Waals surface area contributed by atoms with Gasteiger partial charge in [0.05, 0.1) is 11.4 Å². The standard InChI is InChI=1S/C93H84BN3OS/c1-89(2,3)60-34-41-64(42-35-60)95(65-43-36-61(37-44-65)90(4,5)6)67-47-48-77-70(51-67)71-52-72-73-53-74-68-32-24-25-33-83(68)98-86(74)85-84(73)94(97(81(72)56-78(71)93(77,13)14)66-45-38-62(39-46-66)91(7,8)9)79-54-75-76(88(59-30-22-17-23-31-59)99-87(75)58-28-20-16-21-29-58)55-82(79)96(85)80-49-40-63(92(10,11)12)50-69(80)57-26-18-15-19-27-57/h15-56H,1-14H3. The molecule has 0 saturated heterocycles. The van der Waals surface area contributed by atoms with E-state index >= 15 is 0 Å². The quantitative estimate of drug-likeness (QED) is 0.141. The van der Waals surface area contributed by atoms with Gasteiger partial charge in [-0.1, -0.05) is 261 Å².